The molecule has 5 nitrogen and oxygen atoms in total. The van der Waals surface area contributed by atoms with Crippen molar-refractivity contribution < 1.29 is 4.79 Å². The van der Waals surface area contributed by atoms with E-state index in [9.17, 15) is 4.79 Å². The van der Waals surface area contributed by atoms with Crippen molar-refractivity contribution >= 4 is 11.6 Å². The van der Waals surface area contributed by atoms with Crippen molar-refractivity contribution in [1.82, 2.24) is 15.0 Å². The fourth-order valence-corrected chi connectivity index (χ4v) is 3.32. The molecule has 2 aromatic carbocycles. The fourth-order valence-electron chi connectivity index (χ4n) is 3.32. The van der Waals surface area contributed by atoms with Crippen molar-refractivity contribution in [3.63, 3.8) is 0 Å². The lowest BCUT2D eigenvalue weighted by atomic mass is 9.95. The van der Waals surface area contributed by atoms with Crippen LogP contribution in [-0.4, -0.2) is 20.9 Å². The van der Waals surface area contributed by atoms with Gasteiger partial charge in [0, 0.05) is 24.6 Å². The monoisotopic (exact) mass is 318 g/mol. The molecule has 0 atom stereocenters. The van der Waals surface area contributed by atoms with E-state index in [1.807, 2.05) is 59.0 Å². The quantitative estimate of drug-likeness (QED) is 0.690. The Morgan fingerprint density at radius 2 is 1.79 bits per heavy atom. The molecule has 1 aliphatic heterocycles. The van der Waals surface area contributed by atoms with Gasteiger partial charge in [-0.25, -0.2) is 4.68 Å². The van der Waals surface area contributed by atoms with E-state index in [0.29, 0.717) is 6.54 Å². The third-order valence-corrected chi connectivity index (χ3v) is 4.47. The van der Waals surface area contributed by atoms with Gasteiger partial charge in [0.1, 0.15) is 5.69 Å². The number of anilines is 1. The van der Waals surface area contributed by atoms with Crippen molar-refractivity contribution in [2.75, 3.05) is 4.90 Å². The summed E-state index contributed by atoms with van der Waals surface area (Å²) in [4.78, 5) is 14.2. The zero-order valence-electron chi connectivity index (χ0n) is 13.7. The van der Waals surface area contributed by atoms with Gasteiger partial charge in [-0.15, -0.1) is 5.10 Å². The van der Waals surface area contributed by atoms with Crippen LogP contribution in [0.25, 0.3) is 22.5 Å². The van der Waals surface area contributed by atoms with Crippen LogP contribution < -0.4 is 4.90 Å². The van der Waals surface area contributed by atoms with Crippen LogP contribution in [0.2, 0.25) is 0 Å². The number of hydrogen-bond donors (Lipinski definition) is 0. The van der Waals surface area contributed by atoms with E-state index in [4.69, 9.17) is 0 Å². The summed E-state index contributed by atoms with van der Waals surface area (Å²) in [5.41, 5.74) is 5.84. The second kappa shape index (κ2) is 5.60. The van der Waals surface area contributed by atoms with Crippen molar-refractivity contribution in [2.24, 2.45) is 0 Å². The minimum atomic E-state index is 0.0243. The number of aryl methyl sites for hydroxylation is 1. The van der Waals surface area contributed by atoms with E-state index < -0.39 is 0 Å². The van der Waals surface area contributed by atoms with Gasteiger partial charge in [0.15, 0.2) is 0 Å². The molecule has 0 aliphatic carbocycles. The molecule has 0 saturated carbocycles. The zero-order valence-corrected chi connectivity index (χ0v) is 13.7. The first kappa shape index (κ1) is 14.6. The Labute approximate surface area is 140 Å². The van der Waals surface area contributed by atoms with Gasteiger partial charge in [-0.2, -0.15) is 0 Å². The smallest absolute Gasteiger partial charge is 0.224 e. The Morgan fingerprint density at radius 3 is 2.54 bits per heavy atom. The van der Waals surface area contributed by atoms with Gasteiger partial charge in [-0.05, 0) is 18.6 Å². The van der Waals surface area contributed by atoms with Gasteiger partial charge in [0.2, 0.25) is 5.91 Å². The highest BCUT2D eigenvalue weighted by molar-refractivity contribution is 5.99. The van der Waals surface area contributed by atoms with Gasteiger partial charge < -0.3 is 4.90 Å². The van der Waals surface area contributed by atoms with Gasteiger partial charge in [-0.3, -0.25) is 4.79 Å². The summed E-state index contributed by atoms with van der Waals surface area (Å²) in [5, 5.41) is 8.78. The van der Waals surface area contributed by atoms with Crippen LogP contribution in [0.5, 0.6) is 0 Å². The number of nitrogens with zero attached hydrogens (tertiary/aromatic N) is 4. The molecule has 3 aromatic rings. The predicted molar refractivity (Wildman–Crippen MR) is 93.4 cm³/mol. The molecule has 4 rings (SSSR count). The van der Waals surface area contributed by atoms with Crippen LogP contribution in [0.3, 0.4) is 0 Å². The third kappa shape index (κ3) is 2.12. The third-order valence-electron chi connectivity index (χ3n) is 4.47. The normalized spacial score (nSPS) is 12.7. The lowest BCUT2D eigenvalue weighted by Crippen LogP contribution is -2.29. The second-order valence-electron chi connectivity index (χ2n) is 5.88. The first-order valence-corrected chi connectivity index (χ1v) is 8.10. The van der Waals surface area contributed by atoms with E-state index >= 15 is 0 Å². The lowest BCUT2D eigenvalue weighted by Gasteiger charge is -2.27. The number of carbonyl (C=O) groups excluding carboxylic acids is 1. The number of para-hydroxylation sites is 1. The van der Waals surface area contributed by atoms with E-state index in [-0.39, 0.29) is 5.91 Å². The number of hydrogen-bond acceptors (Lipinski definition) is 3. The maximum Gasteiger partial charge on any atom is 0.224 e. The van der Waals surface area contributed by atoms with E-state index in [1.54, 1.807) is 6.92 Å². The maximum absolute atomic E-state index is 12.3. The Morgan fingerprint density at radius 1 is 1.08 bits per heavy atom. The number of benzene rings is 2. The predicted octanol–water partition coefficient (Wildman–Crippen LogP) is 3.50. The average molecular weight is 318 g/mol. The van der Waals surface area contributed by atoms with Crippen LogP contribution in [0.1, 0.15) is 19.4 Å². The standard InChI is InChI=1S/C19H18N4O/c1-3-23-19-16-10-6-7-11-17(16)22(13(2)24)12-14-8-4-5-9-15(14)18(19)20-21-23/h4-11H,3,12H2,1-2H3. The number of fused-ring (bicyclic) bond motifs is 5. The summed E-state index contributed by atoms with van der Waals surface area (Å²) < 4.78 is 1.90. The van der Waals surface area contributed by atoms with Crippen LogP contribution in [0.4, 0.5) is 5.69 Å². The highest BCUT2D eigenvalue weighted by Gasteiger charge is 2.27. The fraction of sp³-hybridized carbons (Fsp3) is 0.211. The summed E-state index contributed by atoms with van der Waals surface area (Å²) in [5.74, 6) is 0.0243. The molecule has 0 saturated heterocycles. The lowest BCUT2D eigenvalue weighted by molar-refractivity contribution is -0.116. The number of carbonyl (C=O) groups is 1. The Kier molecular flexibility index (Phi) is 3.41. The Balaban J connectivity index is 2.10. The van der Waals surface area contributed by atoms with E-state index in [2.05, 4.69) is 16.4 Å². The van der Waals surface area contributed by atoms with Crippen LogP contribution >= 0.6 is 0 Å². The molecule has 2 heterocycles. The van der Waals surface area contributed by atoms with Crippen LogP contribution in [0.15, 0.2) is 48.5 Å². The molecule has 0 spiro atoms. The van der Waals surface area contributed by atoms with Crippen molar-refractivity contribution in [3.8, 4) is 22.5 Å². The van der Waals surface area contributed by atoms with Crippen molar-refractivity contribution in [3.05, 3.63) is 54.1 Å². The minimum absolute atomic E-state index is 0.0243. The molecular formula is C19H18N4O. The Hall–Kier alpha value is -2.95. The highest BCUT2D eigenvalue weighted by atomic mass is 16.2. The minimum Gasteiger partial charge on any atom is -0.308 e. The summed E-state index contributed by atoms with van der Waals surface area (Å²) in [6.07, 6.45) is 0. The Bertz CT molecular complexity index is 929. The number of aromatic nitrogens is 3. The topological polar surface area (TPSA) is 51.0 Å². The van der Waals surface area contributed by atoms with Gasteiger partial charge in [0.25, 0.3) is 0 Å². The maximum atomic E-state index is 12.3. The van der Waals surface area contributed by atoms with Crippen molar-refractivity contribution in [1.29, 1.82) is 0 Å². The molecule has 120 valence electrons. The first-order valence-electron chi connectivity index (χ1n) is 8.10. The molecule has 24 heavy (non-hydrogen) atoms. The van der Waals surface area contributed by atoms with E-state index in [0.717, 1.165) is 40.3 Å². The molecule has 0 bridgehead atoms. The zero-order chi connectivity index (χ0) is 16.7. The number of amides is 1. The summed E-state index contributed by atoms with van der Waals surface area (Å²) >= 11 is 0. The summed E-state index contributed by atoms with van der Waals surface area (Å²) in [6.45, 7) is 4.90. The molecule has 1 aromatic heterocycles. The van der Waals surface area contributed by atoms with Gasteiger partial charge in [-0.1, -0.05) is 47.7 Å². The molecular weight excluding hydrogens is 300 g/mol. The highest BCUT2D eigenvalue weighted by Crippen LogP contribution is 2.40. The SMILES string of the molecule is CCn1nnc2c1-c1ccccc1N(C(C)=O)Cc1ccccc1-2. The van der Waals surface area contributed by atoms with Crippen LogP contribution in [-0.2, 0) is 17.9 Å². The van der Waals surface area contributed by atoms with Crippen molar-refractivity contribution in [2.45, 2.75) is 26.9 Å². The largest absolute Gasteiger partial charge is 0.308 e. The van der Waals surface area contributed by atoms with Gasteiger partial charge in [0.05, 0.1) is 17.9 Å². The summed E-state index contributed by atoms with van der Waals surface area (Å²) in [7, 11) is 0. The molecule has 1 amide bonds. The molecule has 0 radical (unpaired) electrons. The van der Waals surface area contributed by atoms with E-state index in [1.165, 1.54) is 0 Å². The molecule has 1 aliphatic rings. The molecule has 0 unspecified atom stereocenters. The first-order chi connectivity index (χ1) is 11.7. The van der Waals surface area contributed by atoms with Crippen LogP contribution in [0, 0.1) is 0 Å². The second-order valence-corrected chi connectivity index (χ2v) is 5.88. The molecule has 0 fully saturated rings. The van der Waals surface area contributed by atoms with Gasteiger partial charge >= 0.3 is 0 Å². The average Bonchev–Trinajstić information content (AvgIpc) is 3.01. The summed E-state index contributed by atoms with van der Waals surface area (Å²) in [6, 6.07) is 16.1. The molecule has 5 heteroatoms. The number of rotatable bonds is 1. The molecule has 0 N–H and O–H groups in total.